The van der Waals surface area contributed by atoms with Crippen molar-refractivity contribution >= 4 is 35.1 Å². The molecule has 2 amide bonds. The number of anilines is 1. The molecule has 0 bridgehead atoms. The molecular formula is C21H23ClN2O5. The molecule has 2 aromatic carbocycles. The summed E-state index contributed by atoms with van der Waals surface area (Å²) in [7, 11) is 1.44. The average molecular weight is 419 g/mol. The number of rotatable bonds is 9. The number of esters is 1. The Morgan fingerprint density at radius 1 is 1.03 bits per heavy atom. The Balaban J connectivity index is 1.74. The van der Waals surface area contributed by atoms with Gasteiger partial charge in [0.2, 0.25) is 5.91 Å². The molecular weight excluding hydrogens is 396 g/mol. The molecule has 0 aliphatic heterocycles. The first-order chi connectivity index (χ1) is 13.9. The van der Waals surface area contributed by atoms with Crippen LogP contribution in [0.4, 0.5) is 5.69 Å². The molecule has 0 saturated carbocycles. The monoisotopic (exact) mass is 418 g/mol. The van der Waals surface area contributed by atoms with Crippen LogP contribution in [0.5, 0.6) is 5.75 Å². The van der Waals surface area contributed by atoms with E-state index in [1.165, 1.54) is 7.05 Å². The largest absolute Gasteiger partial charge is 0.482 e. The molecule has 154 valence electrons. The first-order valence-electron chi connectivity index (χ1n) is 9.05. The summed E-state index contributed by atoms with van der Waals surface area (Å²) in [5.74, 6) is -0.994. The number of carbonyl (C=O) groups is 3. The number of hydrogen-bond acceptors (Lipinski definition) is 5. The topological polar surface area (TPSA) is 84.9 Å². The molecule has 1 N–H and O–H groups in total. The van der Waals surface area contributed by atoms with Crippen molar-refractivity contribution in [2.24, 2.45) is 0 Å². The van der Waals surface area contributed by atoms with Gasteiger partial charge in [0.05, 0.1) is 17.3 Å². The van der Waals surface area contributed by atoms with Crippen LogP contribution in [0.1, 0.15) is 12.5 Å². The third-order valence-electron chi connectivity index (χ3n) is 4.01. The summed E-state index contributed by atoms with van der Waals surface area (Å²) in [6.07, 6.45) is 0.769. The number of amides is 2. The Bertz CT molecular complexity index is 872. The summed E-state index contributed by atoms with van der Waals surface area (Å²) < 4.78 is 10.4. The van der Waals surface area contributed by atoms with E-state index in [1.807, 2.05) is 25.1 Å². The number of nitrogens with zero attached hydrogens (tertiary/aromatic N) is 1. The summed E-state index contributed by atoms with van der Waals surface area (Å²) in [6, 6.07) is 14.2. The van der Waals surface area contributed by atoms with Gasteiger partial charge in [-0.2, -0.15) is 0 Å². The highest BCUT2D eigenvalue weighted by Gasteiger charge is 2.16. The standard InChI is InChI=1S/C21H23ClN2O5/c1-3-15-8-4-7-11-18(15)28-14-21(27)29-13-20(26)24(2)12-19(25)23-17-10-6-5-9-16(17)22/h4-11H,3,12-14H2,1-2H3,(H,23,25). The van der Waals surface area contributed by atoms with Crippen molar-refractivity contribution in [3.05, 3.63) is 59.1 Å². The van der Waals surface area contributed by atoms with E-state index in [0.717, 1.165) is 16.9 Å². The van der Waals surface area contributed by atoms with Gasteiger partial charge in [-0.3, -0.25) is 9.59 Å². The Hall–Kier alpha value is -3.06. The number of carbonyl (C=O) groups excluding carboxylic acids is 3. The highest BCUT2D eigenvalue weighted by molar-refractivity contribution is 6.33. The summed E-state index contributed by atoms with van der Waals surface area (Å²) in [4.78, 5) is 37.1. The molecule has 29 heavy (non-hydrogen) atoms. The molecule has 8 heteroatoms. The molecule has 0 aliphatic rings. The van der Waals surface area contributed by atoms with Gasteiger partial charge >= 0.3 is 5.97 Å². The first kappa shape index (κ1) is 22.2. The van der Waals surface area contributed by atoms with Crippen molar-refractivity contribution in [1.29, 1.82) is 0 Å². The van der Waals surface area contributed by atoms with Gasteiger partial charge in [-0.05, 0) is 30.2 Å². The molecule has 0 unspecified atom stereocenters. The maximum Gasteiger partial charge on any atom is 0.344 e. The number of aryl methyl sites for hydroxylation is 1. The third-order valence-corrected chi connectivity index (χ3v) is 4.34. The maximum absolute atomic E-state index is 12.1. The van der Waals surface area contributed by atoms with Crippen LogP contribution in [0.3, 0.4) is 0 Å². The lowest BCUT2D eigenvalue weighted by atomic mass is 10.1. The maximum atomic E-state index is 12.1. The minimum absolute atomic E-state index is 0.206. The Kier molecular flexibility index (Phi) is 8.48. The van der Waals surface area contributed by atoms with Crippen LogP contribution in [-0.4, -0.2) is 49.5 Å². The van der Waals surface area contributed by atoms with Crippen molar-refractivity contribution in [2.75, 3.05) is 32.1 Å². The van der Waals surface area contributed by atoms with Crippen LogP contribution < -0.4 is 10.1 Å². The minimum atomic E-state index is -0.668. The number of nitrogens with one attached hydrogen (secondary N) is 1. The second-order valence-corrected chi connectivity index (χ2v) is 6.60. The van der Waals surface area contributed by atoms with E-state index in [0.29, 0.717) is 16.5 Å². The van der Waals surface area contributed by atoms with E-state index in [2.05, 4.69) is 5.32 Å². The van der Waals surface area contributed by atoms with Gasteiger partial charge in [0.25, 0.3) is 5.91 Å². The summed E-state index contributed by atoms with van der Waals surface area (Å²) in [5.41, 5.74) is 1.43. The first-order valence-corrected chi connectivity index (χ1v) is 9.43. The average Bonchev–Trinajstić information content (AvgIpc) is 2.72. The zero-order chi connectivity index (χ0) is 21.2. The molecule has 0 aromatic heterocycles. The van der Waals surface area contributed by atoms with Crippen LogP contribution in [0.25, 0.3) is 0 Å². The molecule has 0 aliphatic carbocycles. The molecule has 0 spiro atoms. The lowest BCUT2D eigenvalue weighted by Gasteiger charge is -2.17. The fourth-order valence-electron chi connectivity index (χ4n) is 2.42. The van der Waals surface area contributed by atoms with E-state index in [4.69, 9.17) is 21.1 Å². The van der Waals surface area contributed by atoms with Crippen LogP contribution in [0.15, 0.2) is 48.5 Å². The number of benzene rings is 2. The van der Waals surface area contributed by atoms with Gasteiger partial charge in [-0.15, -0.1) is 0 Å². The Labute approximate surface area is 174 Å². The molecule has 7 nitrogen and oxygen atoms in total. The molecule has 0 radical (unpaired) electrons. The smallest absolute Gasteiger partial charge is 0.344 e. The van der Waals surface area contributed by atoms with Crippen molar-refractivity contribution in [3.8, 4) is 5.75 Å². The molecule has 2 aromatic rings. The molecule has 0 fully saturated rings. The summed E-state index contributed by atoms with van der Waals surface area (Å²) in [5, 5.41) is 3.01. The van der Waals surface area contributed by atoms with Gasteiger partial charge in [0, 0.05) is 7.05 Å². The molecule has 2 rings (SSSR count). The van der Waals surface area contributed by atoms with Crippen molar-refractivity contribution in [3.63, 3.8) is 0 Å². The van der Waals surface area contributed by atoms with E-state index in [9.17, 15) is 14.4 Å². The highest BCUT2D eigenvalue weighted by atomic mass is 35.5. The van der Waals surface area contributed by atoms with E-state index in [1.54, 1.807) is 30.3 Å². The van der Waals surface area contributed by atoms with E-state index >= 15 is 0 Å². The summed E-state index contributed by atoms with van der Waals surface area (Å²) in [6.45, 7) is 0.993. The number of likely N-dealkylation sites (N-methyl/N-ethyl adjacent to an activating group) is 1. The van der Waals surface area contributed by atoms with Gasteiger partial charge in [-0.25, -0.2) is 4.79 Å². The van der Waals surface area contributed by atoms with Crippen molar-refractivity contribution < 1.29 is 23.9 Å². The molecule has 0 saturated heterocycles. The van der Waals surface area contributed by atoms with Gasteiger partial charge < -0.3 is 19.7 Å². The quantitative estimate of drug-likeness (QED) is 0.633. The zero-order valence-electron chi connectivity index (χ0n) is 16.3. The fraction of sp³-hybridized carbons (Fsp3) is 0.286. The van der Waals surface area contributed by atoms with E-state index in [-0.39, 0.29) is 13.2 Å². The van der Waals surface area contributed by atoms with Gasteiger partial charge in [0.1, 0.15) is 5.75 Å². The minimum Gasteiger partial charge on any atom is -0.482 e. The number of halogens is 1. The predicted molar refractivity (Wildman–Crippen MR) is 110 cm³/mol. The fourth-order valence-corrected chi connectivity index (χ4v) is 2.61. The highest BCUT2D eigenvalue weighted by Crippen LogP contribution is 2.20. The molecule has 0 atom stereocenters. The second kappa shape index (κ2) is 11.1. The van der Waals surface area contributed by atoms with Gasteiger partial charge in [-0.1, -0.05) is 48.9 Å². The summed E-state index contributed by atoms with van der Waals surface area (Å²) >= 11 is 5.98. The second-order valence-electron chi connectivity index (χ2n) is 6.19. The Morgan fingerprint density at radius 3 is 2.45 bits per heavy atom. The predicted octanol–water partition coefficient (Wildman–Crippen LogP) is 2.92. The zero-order valence-corrected chi connectivity index (χ0v) is 17.1. The lowest BCUT2D eigenvalue weighted by Crippen LogP contribution is -2.37. The van der Waals surface area contributed by atoms with Crippen LogP contribution >= 0.6 is 11.6 Å². The van der Waals surface area contributed by atoms with E-state index < -0.39 is 24.4 Å². The lowest BCUT2D eigenvalue weighted by molar-refractivity contribution is -0.153. The van der Waals surface area contributed by atoms with Crippen LogP contribution in [0.2, 0.25) is 5.02 Å². The van der Waals surface area contributed by atoms with Crippen LogP contribution in [-0.2, 0) is 25.5 Å². The number of ether oxygens (including phenoxy) is 2. The number of hydrogen-bond donors (Lipinski definition) is 1. The normalized spacial score (nSPS) is 10.2. The molecule has 0 heterocycles. The van der Waals surface area contributed by atoms with Gasteiger partial charge in [0.15, 0.2) is 13.2 Å². The third kappa shape index (κ3) is 7.12. The van der Waals surface area contributed by atoms with Crippen molar-refractivity contribution in [1.82, 2.24) is 4.90 Å². The SMILES string of the molecule is CCc1ccccc1OCC(=O)OCC(=O)N(C)CC(=O)Nc1ccccc1Cl. The number of para-hydroxylation sites is 2. The van der Waals surface area contributed by atoms with Crippen molar-refractivity contribution in [2.45, 2.75) is 13.3 Å². The van der Waals surface area contributed by atoms with Crippen LogP contribution in [0, 0.1) is 0 Å². The Morgan fingerprint density at radius 2 is 1.72 bits per heavy atom.